The van der Waals surface area contributed by atoms with Gasteiger partial charge in [-0.05, 0) is 62.2 Å². The molecule has 0 unspecified atom stereocenters. The Morgan fingerprint density at radius 1 is 1.20 bits per heavy atom. The number of aryl methyl sites for hydroxylation is 2. The molecule has 0 spiro atoms. The van der Waals surface area contributed by atoms with Crippen molar-refractivity contribution in [2.45, 2.75) is 20.8 Å². The second-order valence-corrected chi connectivity index (χ2v) is 4.73. The van der Waals surface area contributed by atoms with Gasteiger partial charge in [0, 0.05) is 24.0 Å². The minimum Gasteiger partial charge on any atom is -0.385 e. The van der Waals surface area contributed by atoms with Crippen molar-refractivity contribution >= 4 is 17.4 Å². The van der Waals surface area contributed by atoms with Crippen molar-refractivity contribution in [3.8, 4) is 0 Å². The third-order valence-electron chi connectivity index (χ3n) is 3.01. The molecule has 20 heavy (non-hydrogen) atoms. The number of amides is 1. The number of benzene rings is 1. The van der Waals surface area contributed by atoms with Gasteiger partial charge in [0.2, 0.25) is 0 Å². The van der Waals surface area contributed by atoms with Crippen LogP contribution in [0, 0.1) is 13.8 Å². The van der Waals surface area contributed by atoms with Crippen LogP contribution in [-0.2, 0) is 0 Å². The Morgan fingerprint density at radius 3 is 2.65 bits per heavy atom. The Hall–Kier alpha value is -2.36. The second-order valence-electron chi connectivity index (χ2n) is 4.73. The lowest BCUT2D eigenvalue weighted by Crippen LogP contribution is -2.13. The predicted octanol–water partition coefficient (Wildman–Crippen LogP) is 3.38. The van der Waals surface area contributed by atoms with Crippen LogP contribution in [0.15, 0.2) is 36.5 Å². The molecular weight excluding hydrogens is 250 g/mol. The van der Waals surface area contributed by atoms with Gasteiger partial charge in [0.1, 0.15) is 5.82 Å². The van der Waals surface area contributed by atoms with Gasteiger partial charge in [-0.25, -0.2) is 4.98 Å². The molecule has 1 heterocycles. The minimum absolute atomic E-state index is 0.144. The molecule has 1 aromatic heterocycles. The van der Waals surface area contributed by atoms with Crippen LogP contribution in [0.4, 0.5) is 11.5 Å². The van der Waals surface area contributed by atoms with Gasteiger partial charge in [0.25, 0.3) is 5.91 Å². The lowest BCUT2D eigenvalue weighted by Gasteiger charge is -2.10. The molecule has 0 bridgehead atoms. The number of nitrogens with zero attached hydrogens (tertiary/aromatic N) is 1. The number of pyridine rings is 1. The first-order chi connectivity index (χ1) is 9.60. The van der Waals surface area contributed by atoms with Gasteiger partial charge in [-0.1, -0.05) is 0 Å². The zero-order chi connectivity index (χ0) is 14.5. The van der Waals surface area contributed by atoms with Crippen LogP contribution in [0.3, 0.4) is 0 Å². The Morgan fingerprint density at radius 2 is 2.00 bits per heavy atom. The van der Waals surface area contributed by atoms with Crippen molar-refractivity contribution in [2.75, 3.05) is 17.2 Å². The highest BCUT2D eigenvalue weighted by atomic mass is 16.1. The zero-order valence-electron chi connectivity index (χ0n) is 12.0. The minimum atomic E-state index is -0.144. The first kappa shape index (κ1) is 14.1. The summed E-state index contributed by atoms with van der Waals surface area (Å²) in [4.78, 5) is 16.3. The number of nitrogens with one attached hydrogen (secondary N) is 2. The van der Waals surface area contributed by atoms with Crippen molar-refractivity contribution in [2.24, 2.45) is 0 Å². The lowest BCUT2D eigenvalue weighted by atomic mass is 10.1. The Bertz CT molecular complexity index is 623. The topological polar surface area (TPSA) is 54.0 Å². The molecule has 0 saturated carbocycles. The van der Waals surface area contributed by atoms with E-state index in [0.717, 1.165) is 23.4 Å². The van der Waals surface area contributed by atoms with E-state index in [1.165, 1.54) is 0 Å². The maximum absolute atomic E-state index is 12.2. The SMILES string of the molecule is CCNc1ccc(C(=O)Nc2cc(C)ccn2)cc1C. The molecule has 4 heteroatoms. The Kier molecular flexibility index (Phi) is 4.35. The fourth-order valence-electron chi connectivity index (χ4n) is 1.99. The maximum Gasteiger partial charge on any atom is 0.256 e. The summed E-state index contributed by atoms with van der Waals surface area (Å²) in [7, 11) is 0. The first-order valence-corrected chi connectivity index (χ1v) is 6.68. The van der Waals surface area contributed by atoms with Crippen LogP contribution < -0.4 is 10.6 Å². The average Bonchev–Trinajstić information content (AvgIpc) is 2.41. The molecule has 0 aliphatic rings. The van der Waals surface area contributed by atoms with Gasteiger partial charge in [0.15, 0.2) is 0 Å². The summed E-state index contributed by atoms with van der Waals surface area (Å²) in [6, 6.07) is 9.36. The van der Waals surface area contributed by atoms with Crippen LogP contribution in [0.1, 0.15) is 28.4 Å². The van der Waals surface area contributed by atoms with Crippen molar-refractivity contribution in [3.05, 3.63) is 53.2 Å². The first-order valence-electron chi connectivity index (χ1n) is 6.68. The average molecular weight is 269 g/mol. The summed E-state index contributed by atoms with van der Waals surface area (Å²) in [6.45, 7) is 6.86. The number of hydrogen-bond donors (Lipinski definition) is 2. The summed E-state index contributed by atoms with van der Waals surface area (Å²) in [5.74, 6) is 0.428. The van der Waals surface area contributed by atoms with Crippen LogP contribution >= 0.6 is 0 Å². The van der Waals surface area contributed by atoms with E-state index in [2.05, 4.69) is 15.6 Å². The Labute approximate surface area is 119 Å². The van der Waals surface area contributed by atoms with Gasteiger partial charge in [0.05, 0.1) is 0 Å². The molecule has 2 N–H and O–H groups in total. The Balaban J connectivity index is 2.15. The van der Waals surface area contributed by atoms with E-state index < -0.39 is 0 Å². The summed E-state index contributed by atoms with van der Waals surface area (Å²) in [5, 5.41) is 6.06. The summed E-state index contributed by atoms with van der Waals surface area (Å²) >= 11 is 0. The number of hydrogen-bond acceptors (Lipinski definition) is 3. The van der Waals surface area contributed by atoms with E-state index in [1.54, 1.807) is 6.20 Å². The normalized spacial score (nSPS) is 10.2. The zero-order valence-corrected chi connectivity index (χ0v) is 12.0. The molecule has 0 aliphatic carbocycles. The summed E-state index contributed by atoms with van der Waals surface area (Å²) < 4.78 is 0. The van der Waals surface area contributed by atoms with E-state index in [9.17, 15) is 4.79 Å². The third-order valence-corrected chi connectivity index (χ3v) is 3.01. The summed E-state index contributed by atoms with van der Waals surface area (Å²) in [5.41, 5.74) is 3.80. The quantitative estimate of drug-likeness (QED) is 0.894. The van der Waals surface area contributed by atoms with Crippen molar-refractivity contribution in [3.63, 3.8) is 0 Å². The monoisotopic (exact) mass is 269 g/mol. The summed E-state index contributed by atoms with van der Waals surface area (Å²) in [6.07, 6.45) is 1.68. The standard InChI is InChI=1S/C16H19N3O/c1-4-17-14-6-5-13(10-12(14)3)16(20)19-15-9-11(2)7-8-18-15/h5-10,17H,4H2,1-3H3,(H,18,19,20). The fraction of sp³-hybridized carbons (Fsp3) is 0.250. The van der Waals surface area contributed by atoms with Gasteiger partial charge in [-0.2, -0.15) is 0 Å². The molecule has 0 aliphatic heterocycles. The van der Waals surface area contributed by atoms with E-state index in [-0.39, 0.29) is 5.91 Å². The van der Waals surface area contributed by atoms with Gasteiger partial charge in [-0.15, -0.1) is 0 Å². The van der Waals surface area contributed by atoms with Gasteiger partial charge in [-0.3, -0.25) is 4.79 Å². The second kappa shape index (κ2) is 6.19. The van der Waals surface area contributed by atoms with E-state index in [4.69, 9.17) is 0 Å². The van der Waals surface area contributed by atoms with Crippen LogP contribution in [-0.4, -0.2) is 17.4 Å². The highest BCUT2D eigenvalue weighted by molar-refractivity contribution is 6.04. The smallest absolute Gasteiger partial charge is 0.256 e. The molecule has 0 saturated heterocycles. The molecule has 0 fully saturated rings. The molecule has 4 nitrogen and oxygen atoms in total. The van der Waals surface area contributed by atoms with Crippen molar-refractivity contribution < 1.29 is 4.79 Å². The molecule has 1 amide bonds. The van der Waals surface area contributed by atoms with Crippen LogP contribution in [0.5, 0.6) is 0 Å². The number of anilines is 2. The van der Waals surface area contributed by atoms with Crippen molar-refractivity contribution in [1.82, 2.24) is 4.98 Å². The van der Waals surface area contributed by atoms with Crippen LogP contribution in [0.25, 0.3) is 0 Å². The highest BCUT2D eigenvalue weighted by Crippen LogP contribution is 2.17. The van der Waals surface area contributed by atoms with Gasteiger partial charge >= 0.3 is 0 Å². The molecule has 2 rings (SSSR count). The predicted molar refractivity (Wildman–Crippen MR) is 82.3 cm³/mol. The van der Waals surface area contributed by atoms with E-state index >= 15 is 0 Å². The van der Waals surface area contributed by atoms with E-state index in [0.29, 0.717) is 11.4 Å². The molecule has 104 valence electrons. The number of aromatic nitrogens is 1. The van der Waals surface area contributed by atoms with E-state index in [1.807, 2.05) is 51.1 Å². The van der Waals surface area contributed by atoms with Crippen LogP contribution in [0.2, 0.25) is 0 Å². The largest absolute Gasteiger partial charge is 0.385 e. The highest BCUT2D eigenvalue weighted by Gasteiger charge is 2.08. The van der Waals surface area contributed by atoms with Crippen molar-refractivity contribution in [1.29, 1.82) is 0 Å². The number of rotatable bonds is 4. The molecule has 0 atom stereocenters. The lowest BCUT2D eigenvalue weighted by molar-refractivity contribution is 0.102. The number of carbonyl (C=O) groups is 1. The van der Waals surface area contributed by atoms with Gasteiger partial charge < -0.3 is 10.6 Å². The fourth-order valence-corrected chi connectivity index (χ4v) is 1.99. The third kappa shape index (κ3) is 3.35. The molecular formula is C16H19N3O. The maximum atomic E-state index is 12.2. The molecule has 2 aromatic rings. The number of carbonyl (C=O) groups excluding carboxylic acids is 1. The molecule has 0 radical (unpaired) electrons. The molecule has 1 aromatic carbocycles.